The molecule has 1 unspecified atom stereocenters. The molecule has 1 saturated heterocycles. The number of piperazine rings is 1. The van der Waals surface area contributed by atoms with Gasteiger partial charge < -0.3 is 10.2 Å². The summed E-state index contributed by atoms with van der Waals surface area (Å²) in [5, 5.41) is 11.4. The predicted molar refractivity (Wildman–Crippen MR) is 71.7 cm³/mol. The zero-order valence-electron chi connectivity index (χ0n) is 11.6. The van der Waals surface area contributed by atoms with E-state index in [1.165, 1.54) is 0 Å². The molecule has 0 aromatic carbocycles. The van der Waals surface area contributed by atoms with Crippen LogP contribution in [0.25, 0.3) is 0 Å². The second kappa shape index (κ2) is 5.58. The van der Waals surface area contributed by atoms with E-state index in [0.29, 0.717) is 12.0 Å². The SMILES string of the molecule is Cc1nnc(NCC2CN(C)CCN2C)nc1C. The summed E-state index contributed by atoms with van der Waals surface area (Å²) in [6, 6.07) is 0.494. The number of likely N-dealkylation sites (N-methyl/N-ethyl adjacent to an activating group) is 2. The lowest BCUT2D eigenvalue weighted by molar-refractivity contribution is 0.121. The summed E-state index contributed by atoms with van der Waals surface area (Å²) in [4.78, 5) is 9.11. The number of anilines is 1. The van der Waals surface area contributed by atoms with Crippen LogP contribution in [0.15, 0.2) is 0 Å². The zero-order chi connectivity index (χ0) is 13.1. The second-order valence-electron chi connectivity index (χ2n) is 5.08. The van der Waals surface area contributed by atoms with Crippen LogP contribution in [0.4, 0.5) is 5.95 Å². The Bertz CT molecular complexity index is 408. The van der Waals surface area contributed by atoms with Crippen LogP contribution in [-0.4, -0.2) is 71.3 Å². The molecule has 0 aliphatic carbocycles. The van der Waals surface area contributed by atoms with Crippen LogP contribution in [0.1, 0.15) is 11.4 Å². The molecule has 0 spiro atoms. The number of rotatable bonds is 3. The van der Waals surface area contributed by atoms with Gasteiger partial charge in [0.2, 0.25) is 5.95 Å². The Morgan fingerprint density at radius 3 is 2.67 bits per heavy atom. The summed E-state index contributed by atoms with van der Waals surface area (Å²) in [5.74, 6) is 0.625. The fourth-order valence-electron chi connectivity index (χ4n) is 2.06. The van der Waals surface area contributed by atoms with Gasteiger partial charge in [0.15, 0.2) is 0 Å². The van der Waals surface area contributed by atoms with E-state index in [1.807, 2.05) is 13.8 Å². The van der Waals surface area contributed by atoms with E-state index in [-0.39, 0.29) is 0 Å². The molecule has 1 fully saturated rings. The van der Waals surface area contributed by atoms with Crippen LogP contribution in [0.3, 0.4) is 0 Å². The normalized spacial score (nSPS) is 22.1. The van der Waals surface area contributed by atoms with Gasteiger partial charge in [-0.3, -0.25) is 4.90 Å². The molecule has 1 aromatic rings. The lowest BCUT2D eigenvalue weighted by atomic mass is 10.2. The van der Waals surface area contributed by atoms with Gasteiger partial charge in [-0.25, -0.2) is 4.98 Å². The van der Waals surface area contributed by atoms with Crippen molar-refractivity contribution in [3.63, 3.8) is 0 Å². The second-order valence-corrected chi connectivity index (χ2v) is 5.08. The molecule has 100 valence electrons. The van der Waals surface area contributed by atoms with Crippen molar-refractivity contribution in [3.05, 3.63) is 11.4 Å². The number of hydrogen-bond donors (Lipinski definition) is 1. The van der Waals surface area contributed by atoms with E-state index in [4.69, 9.17) is 0 Å². The first-order chi connectivity index (χ1) is 8.56. The summed E-state index contributed by atoms with van der Waals surface area (Å²) in [6.07, 6.45) is 0. The first kappa shape index (κ1) is 13.2. The summed E-state index contributed by atoms with van der Waals surface area (Å²) in [7, 11) is 4.33. The van der Waals surface area contributed by atoms with Crippen LogP contribution in [0.2, 0.25) is 0 Å². The van der Waals surface area contributed by atoms with Gasteiger partial charge in [0.25, 0.3) is 0 Å². The maximum absolute atomic E-state index is 4.38. The molecular weight excluding hydrogens is 228 g/mol. The monoisotopic (exact) mass is 250 g/mol. The third-order valence-electron chi connectivity index (χ3n) is 3.57. The molecule has 1 N–H and O–H groups in total. The van der Waals surface area contributed by atoms with Crippen molar-refractivity contribution in [3.8, 4) is 0 Å². The van der Waals surface area contributed by atoms with Crippen LogP contribution in [0, 0.1) is 13.8 Å². The van der Waals surface area contributed by atoms with Crippen molar-refractivity contribution in [1.82, 2.24) is 25.0 Å². The zero-order valence-corrected chi connectivity index (χ0v) is 11.6. The van der Waals surface area contributed by atoms with Gasteiger partial charge in [0, 0.05) is 32.2 Å². The van der Waals surface area contributed by atoms with E-state index in [2.05, 4.69) is 44.4 Å². The molecule has 6 nitrogen and oxygen atoms in total. The van der Waals surface area contributed by atoms with E-state index >= 15 is 0 Å². The van der Waals surface area contributed by atoms with Gasteiger partial charge in [-0.2, -0.15) is 5.10 Å². The minimum atomic E-state index is 0.494. The minimum Gasteiger partial charge on any atom is -0.351 e. The summed E-state index contributed by atoms with van der Waals surface area (Å²) < 4.78 is 0. The molecular formula is C12H22N6. The maximum Gasteiger partial charge on any atom is 0.243 e. The van der Waals surface area contributed by atoms with E-state index in [9.17, 15) is 0 Å². The Morgan fingerprint density at radius 2 is 1.94 bits per heavy atom. The molecule has 6 heteroatoms. The fraction of sp³-hybridized carbons (Fsp3) is 0.750. The van der Waals surface area contributed by atoms with Gasteiger partial charge in [0.05, 0.1) is 11.4 Å². The Kier molecular flexibility index (Phi) is 4.08. The molecule has 18 heavy (non-hydrogen) atoms. The Labute approximate surface area is 108 Å². The van der Waals surface area contributed by atoms with Crippen molar-refractivity contribution in [2.75, 3.05) is 45.6 Å². The van der Waals surface area contributed by atoms with Crippen molar-refractivity contribution in [1.29, 1.82) is 0 Å². The third kappa shape index (κ3) is 3.14. The highest BCUT2D eigenvalue weighted by molar-refractivity contribution is 5.25. The van der Waals surface area contributed by atoms with Crippen LogP contribution < -0.4 is 5.32 Å². The summed E-state index contributed by atoms with van der Waals surface area (Å²) in [5.41, 5.74) is 1.82. The largest absolute Gasteiger partial charge is 0.351 e. The molecule has 0 saturated carbocycles. The van der Waals surface area contributed by atoms with Gasteiger partial charge >= 0.3 is 0 Å². The highest BCUT2D eigenvalue weighted by atomic mass is 15.3. The van der Waals surface area contributed by atoms with Crippen molar-refractivity contribution < 1.29 is 0 Å². The molecule has 1 atom stereocenters. The minimum absolute atomic E-state index is 0.494. The lowest BCUT2D eigenvalue weighted by Crippen LogP contribution is -2.52. The quantitative estimate of drug-likeness (QED) is 0.824. The number of nitrogens with one attached hydrogen (secondary N) is 1. The highest BCUT2D eigenvalue weighted by Crippen LogP contribution is 2.07. The molecule has 2 rings (SSSR count). The maximum atomic E-state index is 4.38. The van der Waals surface area contributed by atoms with Crippen molar-refractivity contribution in [2.24, 2.45) is 0 Å². The van der Waals surface area contributed by atoms with E-state index in [1.54, 1.807) is 0 Å². The van der Waals surface area contributed by atoms with Crippen LogP contribution in [-0.2, 0) is 0 Å². The average Bonchev–Trinajstić information content (AvgIpc) is 2.34. The first-order valence-corrected chi connectivity index (χ1v) is 6.37. The summed E-state index contributed by atoms with van der Waals surface area (Å²) >= 11 is 0. The predicted octanol–water partition coefficient (Wildman–Crippen LogP) is 0.146. The molecule has 0 radical (unpaired) electrons. The van der Waals surface area contributed by atoms with Gasteiger partial charge in [-0.05, 0) is 27.9 Å². The fourth-order valence-corrected chi connectivity index (χ4v) is 2.06. The number of aromatic nitrogens is 3. The standard InChI is InChI=1S/C12H22N6/c1-9-10(2)15-16-12(14-9)13-7-11-8-17(3)5-6-18(11)4/h11H,5-8H2,1-4H3,(H,13,14,16). The molecule has 1 aliphatic rings. The lowest BCUT2D eigenvalue weighted by Gasteiger charge is -2.37. The summed E-state index contributed by atoms with van der Waals surface area (Å²) in [6.45, 7) is 8.04. The number of aryl methyl sites for hydroxylation is 2. The molecule has 0 amide bonds. The van der Waals surface area contributed by atoms with Gasteiger partial charge in [-0.1, -0.05) is 0 Å². The molecule has 1 aromatic heterocycles. The first-order valence-electron chi connectivity index (χ1n) is 6.37. The van der Waals surface area contributed by atoms with E-state index in [0.717, 1.165) is 37.6 Å². The van der Waals surface area contributed by atoms with E-state index < -0.39 is 0 Å². The highest BCUT2D eigenvalue weighted by Gasteiger charge is 2.21. The smallest absolute Gasteiger partial charge is 0.243 e. The Morgan fingerprint density at radius 1 is 1.17 bits per heavy atom. The van der Waals surface area contributed by atoms with Crippen LogP contribution >= 0.6 is 0 Å². The molecule has 2 heterocycles. The average molecular weight is 250 g/mol. The van der Waals surface area contributed by atoms with Crippen molar-refractivity contribution in [2.45, 2.75) is 19.9 Å². The number of hydrogen-bond acceptors (Lipinski definition) is 6. The van der Waals surface area contributed by atoms with Gasteiger partial charge in [0.1, 0.15) is 0 Å². The number of nitrogens with zero attached hydrogens (tertiary/aromatic N) is 5. The van der Waals surface area contributed by atoms with Crippen LogP contribution in [0.5, 0.6) is 0 Å². The van der Waals surface area contributed by atoms with Gasteiger partial charge in [-0.15, -0.1) is 5.10 Å². The Hall–Kier alpha value is -1.27. The third-order valence-corrected chi connectivity index (χ3v) is 3.57. The van der Waals surface area contributed by atoms with Crippen molar-refractivity contribution >= 4 is 5.95 Å². The molecule has 1 aliphatic heterocycles. The Balaban J connectivity index is 1.92. The molecule has 0 bridgehead atoms. The topological polar surface area (TPSA) is 57.2 Å².